The predicted molar refractivity (Wildman–Crippen MR) is 137 cm³/mol. The van der Waals surface area contributed by atoms with Crippen molar-refractivity contribution in [1.29, 1.82) is 0 Å². The molecule has 7 nitrogen and oxygen atoms in total. The van der Waals surface area contributed by atoms with E-state index < -0.39 is 0 Å². The van der Waals surface area contributed by atoms with E-state index in [0.29, 0.717) is 0 Å². The lowest BCUT2D eigenvalue weighted by Crippen LogP contribution is -2.17. The highest BCUT2D eigenvalue weighted by molar-refractivity contribution is 9.10. The Hall–Kier alpha value is -2.97. The Morgan fingerprint density at radius 3 is 2.55 bits per heavy atom. The van der Waals surface area contributed by atoms with E-state index in [1.54, 1.807) is 0 Å². The van der Waals surface area contributed by atoms with Gasteiger partial charge in [0, 0.05) is 25.0 Å². The van der Waals surface area contributed by atoms with Gasteiger partial charge in [-0.1, -0.05) is 46.3 Å². The molecule has 2 aromatic carbocycles. The van der Waals surface area contributed by atoms with E-state index in [9.17, 15) is 0 Å². The predicted octanol–water partition coefficient (Wildman–Crippen LogP) is 4.99. The molecular weight excluding hydrogens is 480 g/mol. The van der Waals surface area contributed by atoms with Crippen LogP contribution in [0.25, 0.3) is 16.6 Å². The third-order valence-electron chi connectivity index (χ3n) is 5.66. The molecule has 0 saturated heterocycles. The summed E-state index contributed by atoms with van der Waals surface area (Å²) in [4.78, 5) is 1.94. The third-order valence-corrected chi connectivity index (χ3v) is 6.15. The van der Waals surface area contributed by atoms with Crippen molar-refractivity contribution < 1.29 is 4.74 Å². The molecule has 0 aliphatic carbocycles. The quantitative estimate of drug-likeness (QED) is 0.361. The van der Waals surface area contributed by atoms with Crippen molar-refractivity contribution in [2.75, 3.05) is 32.6 Å². The lowest BCUT2D eigenvalue weighted by Gasteiger charge is -2.22. The fourth-order valence-electron chi connectivity index (χ4n) is 3.99. The second-order valence-corrected chi connectivity index (χ2v) is 9.16. The van der Waals surface area contributed by atoms with Crippen molar-refractivity contribution in [2.45, 2.75) is 26.4 Å². The minimum Gasteiger partial charge on any atom is -0.483 e. The molecular formula is C25H29BrN6O. The Bertz CT molecular complexity index is 1250. The number of aryl methyl sites for hydroxylation is 2. The molecule has 1 N–H and O–H groups in total. The monoisotopic (exact) mass is 508 g/mol. The van der Waals surface area contributed by atoms with Crippen molar-refractivity contribution in [3.63, 3.8) is 0 Å². The van der Waals surface area contributed by atoms with Gasteiger partial charge in [-0.3, -0.25) is 0 Å². The Morgan fingerprint density at radius 1 is 1.09 bits per heavy atom. The van der Waals surface area contributed by atoms with Gasteiger partial charge in [0.2, 0.25) is 0 Å². The van der Waals surface area contributed by atoms with Crippen LogP contribution in [0.2, 0.25) is 0 Å². The number of hydrogen-bond acceptors (Lipinski definition) is 6. The first-order valence-electron chi connectivity index (χ1n) is 11.0. The number of aromatic nitrogens is 4. The molecule has 0 saturated carbocycles. The number of anilines is 1. The normalized spacial score (nSPS) is 12.2. The van der Waals surface area contributed by atoms with Gasteiger partial charge in [-0.15, -0.1) is 5.10 Å². The first-order valence-corrected chi connectivity index (χ1v) is 11.8. The molecule has 4 aromatic rings. The Kier molecular flexibility index (Phi) is 6.95. The van der Waals surface area contributed by atoms with Crippen LogP contribution < -0.4 is 15.0 Å². The lowest BCUT2D eigenvalue weighted by atomic mass is 10.1. The highest BCUT2D eigenvalue weighted by Gasteiger charge is 2.21. The lowest BCUT2D eigenvalue weighted by molar-refractivity contribution is 0.194. The maximum atomic E-state index is 6.66. The standard InChI is InChI=1S/C25H29BrN6O/c1-16-23-17(2)32(30-24(23)25(29-28-16)31(4)5)20-12-11-19(26)15-22(20)33-21(13-14-27-3)18-9-7-6-8-10-18/h6-12,15,21,27H,13-14H2,1-5H3. The summed E-state index contributed by atoms with van der Waals surface area (Å²) in [7, 11) is 5.86. The number of hydrogen-bond donors (Lipinski definition) is 1. The van der Waals surface area contributed by atoms with Gasteiger partial charge in [0.25, 0.3) is 0 Å². The molecule has 0 amide bonds. The van der Waals surface area contributed by atoms with Gasteiger partial charge in [-0.25, -0.2) is 4.68 Å². The number of fused-ring (bicyclic) bond motifs is 1. The van der Waals surface area contributed by atoms with Crippen LogP contribution in [-0.2, 0) is 0 Å². The van der Waals surface area contributed by atoms with E-state index in [4.69, 9.17) is 9.84 Å². The average molecular weight is 509 g/mol. The summed E-state index contributed by atoms with van der Waals surface area (Å²) >= 11 is 3.61. The third kappa shape index (κ3) is 4.72. The van der Waals surface area contributed by atoms with Crippen LogP contribution in [0.5, 0.6) is 5.75 Å². The molecule has 0 fully saturated rings. The number of benzene rings is 2. The highest BCUT2D eigenvalue weighted by Crippen LogP contribution is 2.35. The fourth-order valence-corrected chi connectivity index (χ4v) is 4.33. The van der Waals surface area contributed by atoms with Crippen molar-refractivity contribution in [2.24, 2.45) is 0 Å². The van der Waals surface area contributed by atoms with Gasteiger partial charge in [0.15, 0.2) is 5.82 Å². The maximum absolute atomic E-state index is 6.66. The summed E-state index contributed by atoms with van der Waals surface area (Å²) in [5, 5.41) is 17.9. The second kappa shape index (κ2) is 9.89. The molecule has 4 rings (SSSR count). The first kappa shape index (κ1) is 23.2. The average Bonchev–Trinajstić information content (AvgIpc) is 3.15. The van der Waals surface area contributed by atoms with Gasteiger partial charge in [-0.2, -0.15) is 10.2 Å². The number of nitrogens with one attached hydrogen (secondary N) is 1. The molecule has 0 spiro atoms. The van der Waals surface area contributed by atoms with Crippen LogP contribution >= 0.6 is 15.9 Å². The largest absolute Gasteiger partial charge is 0.483 e. The second-order valence-electron chi connectivity index (χ2n) is 8.25. The zero-order chi connectivity index (χ0) is 23.5. The summed E-state index contributed by atoms with van der Waals surface area (Å²) in [5.41, 5.74) is 4.70. The topological polar surface area (TPSA) is 68.1 Å². The minimum atomic E-state index is -0.0978. The molecule has 172 valence electrons. The molecule has 8 heteroatoms. The Morgan fingerprint density at radius 2 is 1.85 bits per heavy atom. The number of nitrogens with zero attached hydrogens (tertiary/aromatic N) is 5. The van der Waals surface area contributed by atoms with E-state index in [2.05, 4.69) is 50.5 Å². The molecule has 0 radical (unpaired) electrons. The van der Waals surface area contributed by atoms with Gasteiger partial charge in [-0.05, 0) is 51.2 Å². The number of halogens is 1. The van der Waals surface area contributed by atoms with Crippen LogP contribution in [0, 0.1) is 13.8 Å². The summed E-state index contributed by atoms with van der Waals surface area (Å²) in [5.74, 6) is 1.50. The Balaban J connectivity index is 1.84. The maximum Gasteiger partial charge on any atom is 0.179 e. The SMILES string of the molecule is CNCCC(Oc1cc(Br)ccc1-n1nc2c(N(C)C)nnc(C)c2c1C)c1ccccc1. The molecule has 0 aliphatic rings. The van der Waals surface area contributed by atoms with Gasteiger partial charge >= 0.3 is 0 Å². The van der Waals surface area contributed by atoms with E-state index in [1.165, 1.54) is 0 Å². The summed E-state index contributed by atoms with van der Waals surface area (Å²) in [6, 6.07) is 16.4. The molecule has 1 atom stereocenters. The van der Waals surface area contributed by atoms with Gasteiger partial charge in [0.1, 0.15) is 23.1 Å². The molecule has 2 aromatic heterocycles. The molecule has 33 heavy (non-hydrogen) atoms. The van der Waals surface area contributed by atoms with Crippen LogP contribution in [0.4, 0.5) is 5.82 Å². The number of ether oxygens (including phenoxy) is 1. The van der Waals surface area contributed by atoms with Crippen molar-refractivity contribution in [3.05, 3.63) is 70.0 Å². The van der Waals surface area contributed by atoms with Crippen LogP contribution in [-0.4, -0.2) is 47.7 Å². The summed E-state index contributed by atoms with van der Waals surface area (Å²) < 4.78 is 9.54. The van der Waals surface area contributed by atoms with E-state index in [0.717, 1.165) is 62.5 Å². The summed E-state index contributed by atoms with van der Waals surface area (Å²) in [6.45, 7) is 4.87. The molecule has 0 aliphatic heterocycles. The highest BCUT2D eigenvalue weighted by atomic mass is 79.9. The van der Waals surface area contributed by atoms with E-state index in [-0.39, 0.29) is 6.10 Å². The zero-order valence-corrected chi connectivity index (χ0v) is 21.2. The molecule has 2 heterocycles. The smallest absolute Gasteiger partial charge is 0.179 e. The van der Waals surface area contributed by atoms with Crippen LogP contribution in [0.15, 0.2) is 53.0 Å². The van der Waals surface area contributed by atoms with Gasteiger partial charge < -0.3 is 15.0 Å². The summed E-state index contributed by atoms with van der Waals surface area (Å²) in [6.07, 6.45) is 0.740. The fraction of sp³-hybridized carbons (Fsp3) is 0.320. The van der Waals surface area contributed by atoms with Crippen LogP contribution in [0.1, 0.15) is 29.5 Å². The van der Waals surface area contributed by atoms with E-state index >= 15 is 0 Å². The minimum absolute atomic E-state index is 0.0978. The van der Waals surface area contributed by atoms with Crippen molar-refractivity contribution in [3.8, 4) is 11.4 Å². The molecule has 1 unspecified atom stereocenters. The number of rotatable bonds is 8. The van der Waals surface area contributed by atoms with Crippen molar-refractivity contribution in [1.82, 2.24) is 25.3 Å². The zero-order valence-electron chi connectivity index (χ0n) is 19.6. The van der Waals surface area contributed by atoms with Gasteiger partial charge in [0.05, 0.1) is 16.8 Å². The van der Waals surface area contributed by atoms with Crippen LogP contribution in [0.3, 0.4) is 0 Å². The molecule has 0 bridgehead atoms. The van der Waals surface area contributed by atoms with E-state index in [1.807, 2.05) is 74.0 Å². The Labute approximate surface area is 202 Å². The van der Waals surface area contributed by atoms with Crippen molar-refractivity contribution >= 4 is 32.7 Å². The first-order chi connectivity index (χ1) is 15.9.